The van der Waals surface area contributed by atoms with Crippen LogP contribution in [0.3, 0.4) is 0 Å². The third-order valence-corrected chi connectivity index (χ3v) is 1.79. The second-order valence-electron chi connectivity index (χ2n) is 2.74. The van der Waals surface area contributed by atoms with Crippen LogP contribution in [-0.4, -0.2) is 20.4 Å². The summed E-state index contributed by atoms with van der Waals surface area (Å²) in [5, 5.41) is 14.3. The Morgan fingerprint density at radius 1 is 1.46 bits per heavy atom. The second kappa shape index (κ2) is 2.85. The van der Waals surface area contributed by atoms with E-state index < -0.39 is 0 Å². The van der Waals surface area contributed by atoms with Crippen LogP contribution in [0.2, 0.25) is 0 Å². The average Bonchev–Trinajstić information content (AvgIpc) is 2.53. The van der Waals surface area contributed by atoms with Gasteiger partial charge in [-0.05, 0) is 13.0 Å². The van der Waals surface area contributed by atoms with Crippen LogP contribution in [0.25, 0.3) is 11.3 Å². The molecular formula is C8H9N5. The number of nitrogens with zero attached hydrogens (tertiary/aromatic N) is 3. The predicted octanol–water partition coefficient (Wildman–Crippen LogP) is 0.757. The first-order valence-corrected chi connectivity index (χ1v) is 3.87. The Balaban J connectivity index is 2.52. The van der Waals surface area contributed by atoms with E-state index in [0.717, 1.165) is 17.0 Å². The molecule has 0 radical (unpaired) electrons. The summed E-state index contributed by atoms with van der Waals surface area (Å²) < 4.78 is 0. The van der Waals surface area contributed by atoms with Crippen molar-refractivity contribution >= 4 is 5.82 Å². The highest BCUT2D eigenvalue weighted by Crippen LogP contribution is 2.19. The topological polar surface area (TPSA) is 80.5 Å². The van der Waals surface area contributed by atoms with Gasteiger partial charge in [0.05, 0.1) is 17.6 Å². The van der Waals surface area contributed by atoms with Gasteiger partial charge < -0.3 is 5.73 Å². The van der Waals surface area contributed by atoms with Gasteiger partial charge >= 0.3 is 0 Å². The molecule has 0 saturated carbocycles. The van der Waals surface area contributed by atoms with Gasteiger partial charge in [-0.15, -0.1) is 0 Å². The first kappa shape index (κ1) is 7.72. The molecule has 0 aliphatic rings. The number of H-pyrrole nitrogens is 1. The molecule has 2 aromatic heterocycles. The first-order valence-electron chi connectivity index (χ1n) is 3.87. The number of aromatic nitrogens is 4. The summed E-state index contributed by atoms with van der Waals surface area (Å²) in [6, 6.07) is 3.64. The highest BCUT2D eigenvalue weighted by Gasteiger charge is 2.04. The van der Waals surface area contributed by atoms with Crippen molar-refractivity contribution in [3.63, 3.8) is 0 Å². The lowest BCUT2D eigenvalue weighted by Crippen LogP contribution is -1.89. The van der Waals surface area contributed by atoms with Crippen molar-refractivity contribution < 1.29 is 0 Å². The molecule has 2 heterocycles. The Morgan fingerprint density at radius 2 is 2.31 bits per heavy atom. The fourth-order valence-corrected chi connectivity index (χ4v) is 1.16. The summed E-state index contributed by atoms with van der Waals surface area (Å²) in [7, 11) is 0. The molecule has 5 nitrogen and oxygen atoms in total. The van der Waals surface area contributed by atoms with Gasteiger partial charge in [-0.1, -0.05) is 0 Å². The van der Waals surface area contributed by atoms with Crippen molar-refractivity contribution in [1.82, 2.24) is 20.4 Å². The zero-order valence-electron chi connectivity index (χ0n) is 7.15. The van der Waals surface area contributed by atoms with Crippen molar-refractivity contribution in [3.8, 4) is 11.3 Å². The van der Waals surface area contributed by atoms with E-state index in [0.29, 0.717) is 5.82 Å². The first-order chi connectivity index (χ1) is 6.27. The molecule has 0 fully saturated rings. The zero-order valence-corrected chi connectivity index (χ0v) is 7.15. The van der Waals surface area contributed by atoms with Gasteiger partial charge in [-0.2, -0.15) is 15.3 Å². The molecule has 0 unspecified atom stereocenters. The van der Waals surface area contributed by atoms with Crippen LogP contribution in [-0.2, 0) is 0 Å². The minimum atomic E-state index is 0.478. The molecule has 0 aliphatic carbocycles. The van der Waals surface area contributed by atoms with Gasteiger partial charge in [0.2, 0.25) is 0 Å². The van der Waals surface area contributed by atoms with Gasteiger partial charge in [0.15, 0.2) is 0 Å². The number of nitrogens with two attached hydrogens (primary N) is 1. The molecule has 0 bridgehead atoms. The monoisotopic (exact) mass is 175 g/mol. The van der Waals surface area contributed by atoms with E-state index in [2.05, 4.69) is 20.4 Å². The molecule has 0 atom stereocenters. The molecule has 0 aromatic carbocycles. The number of rotatable bonds is 1. The molecule has 2 aromatic rings. The third-order valence-electron chi connectivity index (χ3n) is 1.79. The van der Waals surface area contributed by atoms with Crippen molar-refractivity contribution in [1.29, 1.82) is 0 Å². The number of nitrogens with one attached hydrogen (secondary N) is 1. The van der Waals surface area contributed by atoms with Crippen LogP contribution in [0.1, 0.15) is 5.69 Å². The normalized spacial score (nSPS) is 10.2. The molecular weight excluding hydrogens is 166 g/mol. The van der Waals surface area contributed by atoms with Crippen LogP contribution >= 0.6 is 0 Å². The summed E-state index contributed by atoms with van der Waals surface area (Å²) in [6.45, 7) is 1.89. The quantitative estimate of drug-likeness (QED) is 0.670. The summed E-state index contributed by atoms with van der Waals surface area (Å²) in [6.07, 6.45) is 1.64. The van der Waals surface area contributed by atoms with Gasteiger partial charge in [0.1, 0.15) is 5.82 Å². The number of aromatic amines is 1. The standard InChI is InChI=1S/C8H9N5/c1-5-6(2-3-10-11-5)7-4-8(9)13-12-7/h2-4H,1H3,(H3,9,12,13). The lowest BCUT2D eigenvalue weighted by molar-refractivity contribution is 0.978. The molecule has 66 valence electrons. The van der Waals surface area contributed by atoms with E-state index in [4.69, 9.17) is 5.73 Å². The van der Waals surface area contributed by atoms with E-state index in [1.54, 1.807) is 12.3 Å². The highest BCUT2D eigenvalue weighted by molar-refractivity contribution is 5.63. The van der Waals surface area contributed by atoms with Crippen molar-refractivity contribution in [3.05, 3.63) is 24.0 Å². The van der Waals surface area contributed by atoms with Crippen LogP contribution in [0, 0.1) is 6.92 Å². The maximum atomic E-state index is 5.49. The number of hydrogen-bond acceptors (Lipinski definition) is 4. The molecule has 13 heavy (non-hydrogen) atoms. The fraction of sp³-hybridized carbons (Fsp3) is 0.125. The lowest BCUT2D eigenvalue weighted by atomic mass is 10.1. The van der Waals surface area contributed by atoms with Crippen molar-refractivity contribution in [2.45, 2.75) is 6.92 Å². The van der Waals surface area contributed by atoms with E-state index in [-0.39, 0.29) is 0 Å². The summed E-state index contributed by atoms with van der Waals surface area (Å²) in [5.74, 6) is 0.478. The Kier molecular flexibility index (Phi) is 1.70. The molecule has 0 amide bonds. The molecule has 3 N–H and O–H groups in total. The van der Waals surface area contributed by atoms with Crippen LogP contribution < -0.4 is 5.73 Å². The largest absolute Gasteiger partial charge is 0.382 e. The number of hydrogen-bond donors (Lipinski definition) is 2. The van der Waals surface area contributed by atoms with Crippen LogP contribution in [0.5, 0.6) is 0 Å². The van der Waals surface area contributed by atoms with E-state index in [1.165, 1.54) is 0 Å². The summed E-state index contributed by atoms with van der Waals surface area (Å²) in [4.78, 5) is 0. The second-order valence-corrected chi connectivity index (χ2v) is 2.74. The Labute approximate surface area is 75.0 Å². The Morgan fingerprint density at radius 3 is 2.92 bits per heavy atom. The van der Waals surface area contributed by atoms with Gasteiger partial charge in [-0.3, -0.25) is 5.10 Å². The Bertz CT molecular complexity index is 420. The SMILES string of the molecule is Cc1nnccc1-c1cc(N)n[nH]1. The summed E-state index contributed by atoms with van der Waals surface area (Å²) in [5.41, 5.74) is 8.18. The molecule has 2 rings (SSSR count). The van der Waals surface area contributed by atoms with Crippen LogP contribution in [0.15, 0.2) is 18.3 Å². The molecule has 0 spiro atoms. The zero-order chi connectivity index (χ0) is 9.26. The van der Waals surface area contributed by atoms with E-state index in [1.807, 2.05) is 13.0 Å². The smallest absolute Gasteiger partial charge is 0.145 e. The number of anilines is 1. The molecule has 0 aliphatic heterocycles. The highest BCUT2D eigenvalue weighted by atomic mass is 15.2. The molecule has 0 saturated heterocycles. The van der Waals surface area contributed by atoms with E-state index in [9.17, 15) is 0 Å². The average molecular weight is 175 g/mol. The minimum absolute atomic E-state index is 0.478. The third kappa shape index (κ3) is 1.35. The predicted molar refractivity (Wildman–Crippen MR) is 48.8 cm³/mol. The van der Waals surface area contributed by atoms with Gasteiger partial charge in [-0.25, -0.2) is 0 Å². The maximum Gasteiger partial charge on any atom is 0.145 e. The van der Waals surface area contributed by atoms with E-state index >= 15 is 0 Å². The Hall–Kier alpha value is -1.91. The summed E-state index contributed by atoms with van der Waals surface area (Å²) >= 11 is 0. The molecule has 5 heteroatoms. The lowest BCUT2D eigenvalue weighted by Gasteiger charge is -1.98. The van der Waals surface area contributed by atoms with Gasteiger partial charge in [0.25, 0.3) is 0 Å². The van der Waals surface area contributed by atoms with Crippen molar-refractivity contribution in [2.75, 3.05) is 5.73 Å². The maximum absolute atomic E-state index is 5.49. The van der Waals surface area contributed by atoms with Crippen LogP contribution in [0.4, 0.5) is 5.82 Å². The number of nitrogen functional groups attached to an aromatic ring is 1. The minimum Gasteiger partial charge on any atom is -0.382 e. The number of aryl methyl sites for hydroxylation is 1. The fourth-order valence-electron chi connectivity index (χ4n) is 1.16. The van der Waals surface area contributed by atoms with Gasteiger partial charge in [0, 0.05) is 11.6 Å². The van der Waals surface area contributed by atoms with Crippen molar-refractivity contribution in [2.24, 2.45) is 0 Å².